The fraction of sp³-hybridized carbons (Fsp3) is 0.333. The van der Waals surface area contributed by atoms with Crippen molar-refractivity contribution in [3.05, 3.63) is 83.9 Å². The molecule has 0 spiro atoms. The molecule has 5 nitrogen and oxygen atoms in total. The number of aromatic nitrogens is 3. The first-order valence-corrected chi connectivity index (χ1v) is 9.07. The van der Waals surface area contributed by atoms with Crippen LogP contribution in [-0.2, 0) is 19.6 Å². The van der Waals surface area contributed by atoms with E-state index in [-0.39, 0.29) is 12.6 Å². The summed E-state index contributed by atoms with van der Waals surface area (Å²) in [6.07, 6.45) is 8.36. The van der Waals surface area contributed by atoms with E-state index in [9.17, 15) is 5.11 Å². The molecule has 136 valence electrons. The van der Waals surface area contributed by atoms with Crippen LogP contribution in [0.3, 0.4) is 0 Å². The van der Waals surface area contributed by atoms with E-state index in [2.05, 4.69) is 52.2 Å². The van der Waals surface area contributed by atoms with Gasteiger partial charge in [0.05, 0.1) is 13.2 Å². The Morgan fingerprint density at radius 3 is 2.54 bits per heavy atom. The van der Waals surface area contributed by atoms with E-state index >= 15 is 0 Å². The predicted octanol–water partition coefficient (Wildman–Crippen LogP) is 3.10. The minimum atomic E-state index is 0.130. The van der Waals surface area contributed by atoms with Crippen LogP contribution in [-0.4, -0.2) is 37.4 Å². The van der Waals surface area contributed by atoms with Gasteiger partial charge in [-0.05, 0) is 35.2 Å². The molecule has 0 saturated carbocycles. The Labute approximate surface area is 154 Å². The van der Waals surface area contributed by atoms with Crippen LogP contribution in [0.4, 0.5) is 0 Å². The van der Waals surface area contributed by atoms with Crippen LogP contribution in [0.15, 0.2) is 67.3 Å². The topological polar surface area (TPSA) is 54.2 Å². The van der Waals surface area contributed by atoms with Gasteiger partial charge in [-0.15, -0.1) is 0 Å². The number of hydrogen-bond donors (Lipinski definition) is 1. The molecule has 0 radical (unpaired) electrons. The molecule has 1 aromatic carbocycles. The number of nitrogens with zero attached hydrogens (tertiary/aromatic N) is 4. The molecule has 0 aliphatic rings. The molecule has 0 bridgehead atoms. The zero-order chi connectivity index (χ0) is 18.2. The van der Waals surface area contributed by atoms with Crippen LogP contribution < -0.4 is 0 Å². The van der Waals surface area contributed by atoms with Gasteiger partial charge in [0.1, 0.15) is 0 Å². The van der Waals surface area contributed by atoms with Crippen molar-refractivity contribution in [1.82, 2.24) is 19.7 Å². The largest absolute Gasteiger partial charge is 0.395 e. The standard InChI is InChI=1S/C21H26N4O/c1-2-21(17-26)24(15-20-8-4-9-22-13-20)14-18-6-3-7-19(12-18)16-25-11-5-10-23-25/h3-13,21,26H,2,14-17H2,1H3. The van der Waals surface area contributed by atoms with Crippen molar-refractivity contribution in [3.63, 3.8) is 0 Å². The summed E-state index contributed by atoms with van der Waals surface area (Å²) >= 11 is 0. The van der Waals surface area contributed by atoms with Gasteiger partial charge in [-0.2, -0.15) is 5.10 Å². The van der Waals surface area contributed by atoms with Gasteiger partial charge in [0, 0.05) is 43.9 Å². The number of hydrogen-bond acceptors (Lipinski definition) is 4. The van der Waals surface area contributed by atoms with E-state index in [1.165, 1.54) is 11.1 Å². The highest BCUT2D eigenvalue weighted by Crippen LogP contribution is 2.16. The number of rotatable bonds is 9. The average Bonchev–Trinajstić information content (AvgIpc) is 3.17. The van der Waals surface area contributed by atoms with Crippen molar-refractivity contribution in [1.29, 1.82) is 0 Å². The van der Waals surface area contributed by atoms with E-state index < -0.39 is 0 Å². The molecule has 0 aliphatic heterocycles. The Bertz CT molecular complexity index is 770. The van der Waals surface area contributed by atoms with Crippen LogP contribution in [0.5, 0.6) is 0 Å². The second-order valence-electron chi connectivity index (χ2n) is 6.53. The van der Waals surface area contributed by atoms with Crippen LogP contribution in [0, 0.1) is 0 Å². The first-order valence-electron chi connectivity index (χ1n) is 9.07. The lowest BCUT2D eigenvalue weighted by Crippen LogP contribution is -2.36. The van der Waals surface area contributed by atoms with Crippen LogP contribution >= 0.6 is 0 Å². The summed E-state index contributed by atoms with van der Waals surface area (Å²) < 4.78 is 1.93. The van der Waals surface area contributed by atoms with Crippen LogP contribution in [0.1, 0.15) is 30.0 Å². The maximum atomic E-state index is 9.81. The SMILES string of the molecule is CCC(CO)N(Cc1cccnc1)Cc1cccc(Cn2cccn2)c1. The molecule has 3 aromatic rings. The second-order valence-corrected chi connectivity index (χ2v) is 6.53. The van der Waals surface area contributed by atoms with Crippen molar-refractivity contribution in [2.24, 2.45) is 0 Å². The smallest absolute Gasteiger partial charge is 0.0659 e. The Morgan fingerprint density at radius 2 is 1.85 bits per heavy atom. The van der Waals surface area contributed by atoms with Crippen molar-refractivity contribution in [2.45, 2.75) is 39.0 Å². The Kier molecular flexibility index (Phi) is 6.52. The maximum absolute atomic E-state index is 9.81. The van der Waals surface area contributed by atoms with Gasteiger partial charge in [-0.3, -0.25) is 14.6 Å². The molecule has 1 unspecified atom stereocenters. The summed E-state index contributed by atoms with van der Waals surface area (Å²) in [6, 6.07) is 14.7. The molecule has 0 saturated heterocycles. The fourth-order valence-electron chi connectivity index (χ4n) is 3.18. The average molecular weight is 350 g/mol. The summed E-state index contributed by atoms with van der Waals surface area (Å²) in [5.74, 6) is 0. The Balaban J connectivity index is 1.75. The maximum Gasteiger partial charge on any atom is 0.0659 e. The van der Waals surface area contributed by atoms with Gasteiger partial charge in [-0.1, -0.05) is 37.3 Å². The first-order chi connectivity index (χ1) is 12.8. The van der Waals surface area contributed by atoms with Crippen molar-refractivity contribution in [2.75, 3.05) is 6.61 Å². The van der Waals surface area contributed by atoms with E-state index in [4.69, 9.17) is 0 Å². The van der Waals surface area contributed by atoms with Crippen molar-refractivity contribution >= 4 is 0 Å². The lowest BCUT2D eigenvalue weighted by molar-refractivity contribution is 0.106. The van der Waals surface area contributed by atoms with E-state index in [0.29, 0.717) is 0 Å². The van der Waals surface area contributed by atoms with Gasteiger partial charge in [0.25, 0.3) is 0 Å². The molecule has 3 rings (SSSR count). The summed E-state index contributed by atoms with van der Waals surface area (Å²) in [5.41, 5.74) is 3.63. The van der Waals surface area contributed by atoms with Gasteiger partial charge >= 0.3 is 0 Å². The Morgan fingerprint density at radius 1 is 1.04 bits per heavy atom. The molecule has 2 aromatic heterocycles. The zero-order valence-corrected chi connectivity index (χ0v) is 15.2. The van der Waals surface area contributed by atoms with E-state index in [1.54, 1.807) is 12.4 Å². The third-order valence-corrected chi connectivity index (χ3v) is 4.59. The van der Waals surface area contributed by atoms with Gasteiger partial charge in [0.15, 0.2) is 0 Å². The summed E-state index contributed by atoms with van der Waals surface area (Å²) in [7, 11) is 0. The number of aliphatic hydroxyl groups is 1. The summed E-state index contributed by atoms with van der Waals surface area (Å²) in [4.78, 5) is 6.54. The van der Waals surface area contributed by atoms with Gasteiger partial charge < -0.3 is 5.11 Å². The molecule has 5 heteroatoms. The number of aliphatic hydroxyl groups excluding tert-OH is 1. The highest BCUT2D eigenvalue weighted by molar-refractivity contribution is 5.24. The minimum absolute atomic E-state index is 0.130. The summed E-state index contributed by atoms with van der Waals surface area (Å²) in [6.45, 7) is 4.60. The molecule has 2 heterocycles. The monoisotopic (exact) mass is 350 g/mol. The minimum Gasteiger partial charge on any atom is -0.395 e. The molecular formula is C21H26N4O. The predicted molar refractivity (Wildman–Crippen MR) is 102 cm³/mol. The zero-order valence-electron chi connectivity index (χ0n) is 15.2. The molecule has 26 heavy (non-hydrogen) atoms. The normalized spacial score (nSPS) is 12.4. The molecular weight excluding hydrogens is 324 g/mol. The third-order valence-electron chi connectivity index (χ3n) is 4.59. The first kappa shape index (κ1) is 18.3. The van der Waals surface area contributed by atoms with Crippen molar-refractivity contribution in [3.8, 4) is 0 Å². The number of benzene rings is 1. The molecule has 0 aliphatic carbocycles. The van der Waals surface area contributed by atoms with Crippen LogP contribution in [0.25, 0.3) is 0 Å². The lowest BCUT2D eigenvalue weighted by Gasteiger charge is -2.30. The fourth-order valence-corrected chi connectivity index (χ4v) is 3.18. The van der Waals surface area contributed by atoms with Crippen molar-refractivity contribution < 1.29 is 5.11 Å². The second kappa shape index (κ2) is 9.27. The molecule has 1 N–H and O–H groups in total. The highest BCUT2D eigenvalue weighted by Gasteiger charge is 2.17. The third kappa shape index (κ3) is 5.00. The summed E-state index contributed by atoms with van der Waals surface area (Å²) in [5, 5.41) is 14.1. The molecule has 1 atom stereocenters. The van der Waals surface area contributed by atoms with E-state index in [1.807, 2.05) is 29.2 Å². The van der Waals surface area contributed by atoms with Crippen LogP contribution in [0.2, 0.25) is 0 Å². The number of pyridine rings is 1. The lowest BCUT2D eigenvalue weighted by atomic mass is 10.1. The van der Waals surface area contributed by atoms with Gasteiger partial charge in [-0.25, -0.2) is 0 Å². The quantitative estimate of drug-likeness (QED) is 0.644. The molecule has 0 fully saturated rings. The molecule has 0 amide bonds. The highest BCUT2D eigenvalue weighted by atomic mass is 16.3. The Hall–Kier alpha value is -2.50. The van der Waals surface area contributed by atoms with E-state index in [0.717, 1.165) is 31.6 Å². The van der Waals surface area contributed by atoms with Gasteiger partial charge in [0.2, 0.25) is 0 Å².